The zero-order chi connectivity index (χ0) is 13.1. The Morgan fingerprint density at radius 1 is 1.17 bits per heavy atom. The molecular formula is C14H14BrFN2. The zero-order valence-electron chi connectivity index (χ0n) is 9.95. The van der Waals surface area contributed by atoms with Crippen LogP contribution in [0.15, 0.2) is 46.9 Å². The Bertz CT molecular complexity index is 540. The highest BCUT2D eigenvalue weighted by molar-refractivity contribution is 9.10. The molecule has 3 N–H and O–H groups in total. The molecule has 1 atom stereocenters. The molecule has 0 aromatic heterocycles. The quantitative estimate of drug-likeness (QED) is 0.673. The third-order valence-corrected chi connectivity index (χ3v) is 3.71. The van der Waals surface area contributed by atoms with Gasteiger partial charge in [-0.15, -0.1) is 0 Å². The van der Waals surface area contributed by atoms with Crippen LogP contribution in [0, 0.1) is 12.7 Å². The van der Waals surface area contributed by atoms with Gasteiger partial charge in [0.25, 0.3) is 0 Å². The van der Waals surface area contributed by atoms with Gasteiger partial charge in [-0.05, 0) is 40.0 Å². The van der Waals surface area contributed by atoms with E-state index in [0.29, 0.717) is 4.47 Å². The van der Waals surface area contributed by atoms with Crippen LogP contribution in [0.2, 0.25) is 0 Å². The summed E-state index contributed by atoms with van der Waals surface area (Å²) in [6.45, 7) is 2.02. The van der Waals surface area contributed by atoms with Crippen LogP contribution in [-0.4, -0.2) is 0 Å². The smallest absolute Gasteiger partial charge is 0.137 e. The first-order valence-electron chi connectivity index (χ1n) is 5.60. The molecule has 0 heterocycles. The summed E-state index contributed by atoms with van der Waals surface area (Å²) in [4.78, 5) is 0. The minimum absolute atomic E-state index is 0.240. The molecule has 18 heavy (non-hydrogen) atoms. The molecule has 0 aliphatic carbocycles. The van der Waals surface area contributed by atoms with E-state index in [2.05, 4.69) is 21.4 Å². The van der Waals surface area contributed by atoms with E-state index in [1.165, 1.54) is 11.6 Å². The van der Waals surface area contributed by atoms with Crippen LogP contribution in [-0.2, 0) is 0 Å². The zero-order valence-corrected chi connectivity index (χ0v) is 11.5. The van der Waals surface area contributed by atoms with Crippen molar-refractivity contribution in [3.05, 3.63) is 69.4 Å². The highest BCUT2D eigenvalue weighted by atomic mass is 79.9. The molecular weight excluding hydrogens is 295 g/mol. The number of halogens is 2. The summed E-state index contributed by atoms with van der Waals surface area (Å²) in [6, 6.07) is 12.7. The third-order valence-electron chi connectivity index (χ3n) is 2.87. The van der Waals surface area contributed by atoms with E-state index in [1.807, 2.05) is 37.3 Å². The minimum atomic E-state index is -0.292. The molecule has 94 valence electrons. The highest BCUT2D eigenvalue weighted by Gasteiger charge is 2.17. The fourth-order valence-corrected chi connectivity index (χ4v) is 2.36. The lowest BCUT2D eigenvalue weighted by Crippen LogP contribution is -2.29. The van der Waals surface area contributed by atoms with E-state index in [4.69, 9.17) is 5.84 Å². The predicted octanol–water partition coefficient (Wildman–Crippen LogP) is 3.45. The van der Waals surface area contributed by atoms with Crippen LogP contribution >= 0.6 is 15.9 Å². The van der Waals surface area contributed by atoms with Gasteiger partial charge in [0.1, 0.15) is 5.82 Å². The van der Waals surface area contributed by atoms with Crippen LogP contribution < -0.4 is 11.3 Å². The summed E-state index contributed by atoms with van der Waals surface area (Å²) in [5, 5.41) is 0. The molecule has 2 aromatic rings. The van der Waals surface area contributed by atoms with Crippen LogP contribution in [0.4, 0.5) is 4.39 Å². The molecule has 0 amide bonds. The van der Waals surface area contributed by atoms with E-state index in [9.17, 15) is 4.39 Å². The lowest BCUT2D eigenvalue weighted by atomic mass is 9.98. The molecule has 4 heteroatoms. The van der Waals surface area contributed by atoms with Crippen molar-refractivity contribution in [1.29, 1.82) is 0 Å². The SMILES string of the molecule is Cc1ccc(C(NN)c2cccc(F)c2Br)cc1. The van der Waals surface area contributed by atoms with Gasteiger partial charge >= 0.3 is 0 Å². The van der Waals surface area contributed by atoms with Gasteiger partial charge in [-0.3, -0.25) is 5.84 Å². The van der Waals surface area contributed by atoms with Crippen molar-refractivity contribution in [2.45, 2.75) is 13.0 Å². The molecule has 0 saturated heterocycles. The van der Waals surface area contributed by atoms with E-state index < -0.39 is 0 Å². The summed E-state index contributed by atoms with van der Waals surface area (Å²) in [6.07, 6.45) is 0. The van der Waals surface area contributed by atoms with Crippen molar-refractivity contribution in [1.82, 2.24) is 5.43 Å². The second-order valence-electron chi connectivity index (χ2n) is 4.15. The molecule has 2 rings (SSSR count). The average molecular weight is 309 g/mol. The average Bonchev–Trinajstić information content (AvgIpc) is 2.37. The number of hydrogen-bond donors (Lipinski definition) is 2. The number of nitrogens with one attached hydrogen (secondary N) is 1. The van der Waals surface area contributed by atoms with Crippen molar-refractivity contribution in [2.75, 3.05) is 0 Å². The first-order chi connectivity index (χ1) is 8.63. The number of benzene rings is 2. The summed E-state index contributed by atoms with van der Waals surface area (Å²) in [5.41, 5.74) is 5.67. The van der Waals surface area contributed by atoms with E-state index in [-0.39, 0.29) is 11.9 Å². The maximum atomic E-state index is 13.5. The third kappa shape index (κ3) is 2.61. The van der Waals surface area contributed by atoms with Crippen molar-refractivity contribution in [2.24, 2.45) is 5.84 Å². The van der Waals surface area contributed by atoms with Gasteiger partial charge < -0.3 is 0 Å². The van der Waals surface area contributed by atoms with Crippen LogP contribution in [0.1, 0.15) is 22.7 Å². The highest BCUT2D eigenvalue weighted by Crippen LogP contribution is 2.30. The number of aryl methyl sites for hydroxylation is 1. The molecule has 0 aliphatic heterocycles. The van der Waals surface area contributed by atoms with Crippen molar-refractivity contribution >= 4 is 15.9 Å². The Hall–Kier alpha value is -1.23. The second-order valence-corrected chi connectivity index (χ2v) is 4.95. The predicted molar refractivity (Wildman–Crippen MR) is 74.4 cm³/mol. The topological polar surface area (TPSA) is 38.0 Å². The molecule has 1 unspecified atom stereocenters. The minimum Gasteiger partial charge on any atom is -0.271 e. The largest absolute Gasteiger partial charge is 0.271 e. The Labute approximate surface area is 114 Å². The molecule has 2 nitrogen and oxygen atoms in total. The van der Waals surface area contributed by atoms with Crippen LogP contribution in [0.5, 0.6) is 0 Å². The standard InChI is InChI=1S/C14H14BrFN2/c1-9-5-7-10(8-6-9)14(18-17)11-3-2-4-12(16)13(11)15/h2-8,14,18H,17H2,1H3. The lowest BCUT2D eigenvalue weighted by molar-refractivity contribution is 0.597. The summed E-state index contributed by atoms with van der Waals surface area (Å²) in [7, 11) is 0. The van der Waals surface area contributed by atoms with E-state index in [0.717, 1.165) is 11.1 Å². The molecule has 0 spiro atoms. The molecule has 0 saturated carbocycles. The normalized spacial score (nSPS) is 12.4. The summed E-state index contributed by atoms with van der Waals surface area (Å²) >= 11 is 3.26. The number of hydrazine groups is 1. The molecule has 0 aliphatic rings. The Balaban J connectivity index is 2.45. The maximum Gasteiger partial charge on any atom is 0.137 e. The van der Waals surface area contributed by atoms with Gasteiger partial charge in [0.15, 0.2) is 0 Å². The first kappa shape index (κ1) is 13.2. The van der Waals surface area contributed by atoms with Gasteiger partial charge in [-0.25, -0.2) is 9.82 Å². The Morgan fingerprint density at radius 2 is 1.83 bits per heavy atom. The number of rotatable bonds is 3. The van der Waals surface area contributed by atoms with E-state index in [1.54, 1.807) is 6.07 Å². The fraction of sp³-hybridized carbons (Fsp3) is 0.143. The molecule has 0 bridgehead atoms. The van der Waals surface area contributed by atoms with Crippen molar-refractivity contribution < 1.29 is 4.39 Å². The van der Waals surface area contributed by atoms with Gasteiger partial charge in [-0.2, -0.15) is 0 Å². The van der Waals surface area contributed by atoms with E-state index >= 15 is 0 Å². The first-order valence-corrected chi connectivity index (χ1v) is 6.39. The van der Waals surface area contributed by atoms with Gasteiger partial charge in [-0.1, -0.05) is 42.0 Å². The second kappa shape index (κ2) is 5.61. The maximum absolute atomic E-state index is 13.5. The van der Waals surface area contributed by atoms with Crippen LogP contribution in [0.3, 0.4) is 0 Å². The summed E-state index contributed by atoms with van der Waals surface area (Å²) in [5.74, 6) is 5.31. The van der Waals surface area contributed by atoms with Gasteiger partial charge in [0.2, 0.25) is 0 Å². The van der Waals surface area contributed by atoms with Gasteiger partial charge in [0, 0.05) is 0 Å². The summed E-state index contributed by atoms with van der Waals surface area (Å²) < 4.78 is 14.0. The van der Waals surface area contributed by atoms with Crippen molar-refractivity contribution in [3.8, 4) is 0 Å². The monoisotopic (exact) mass is 308 g/mol. The van der Waals surface area contributed by atoms with Gasteiger partial charge in [0.05, 0.1) is 10.5 Å². The molecule has 0 radical (unpaired) electrons. The van der Waals surface area contributed by atoms with Crippen LogP contribution in [0.25, 0.3) is 0 Å². The molecule has 2 aromatic carbocycles. The lowest BCUT2D eigenvalue weighted by Gasteiger charge is -2.18. The fourth-order valence-electron chi connectivity index (χ4n) is 1.87. The Morgan fingerprint density at radius 3 is 2.44 bits per heavy atom. The van der Waals surface area contributed by atoms with Crippen molar-refractivity contribution in [3.63, 3.8) is 0 Å². The number of hydrogen-bond acceptors (Lipinski definition) is 2. The number of nitrogens with two attached hydrogens (primary N) is 1. The Kier molecular flexibility index (Phi) is 4.11. The molecule has 0 fully saturated rings.